The molecule has 0 aliphatic carbocycles. The normalized spacial score (nSPS) is 10.6. The third kappa shape index (κ3) is 4.82. The Morgan fingerprint density at radius 1 is 1.37 bits per heavy atom. The molecule has 19 heavy (non-hydrogen) atoms. The molecule has 0 aliphatic heterocycles. The maximum Gasteiger partial charge on any atom is 0.387 e. The molecule has 0 radical (unpaired) electrons. The molecule has 4 nitrogen and oxygen atoms in total. The molecule has 0 atom stereocenters. The van der Waals surface area contributed by atoms with Crippen molar-refractivity contribution >= 4 is 5.91 Å². The number of rotatable bonds is 7. The van der Waals surface area contributed by atoms with Gasteiger partial charge in [-0.05, 0) is 44.2 Å². The number of ether oxygens (including phenoxy) is 1. The minimum atomic E-state index is -2.86. The molecule has 6 heteroatoms. The molecule has 0 saturated heterocycles. The van der Waals surface area contributed by atoms with Crippen LogP contribution < -0.4 is 10.5 Å². The number of carbonyl (C=O) groups excluding carboxylic acids is 1. The van der Waals surface area contributed by atoms with Crippen molar-refractivity contribution in [2.45, 2.75) is 20.0 Å². The molecule has 0 heterocycles. The van der Waals surface area contributed by atoms with Crippen molar-refractivity contribution in [1.29, 1.82) is 0 Å². The smallest absolute Gasteiger partial charge is 0.387 e. The lowest BCUT2D eigenvalue weighted by molar-refractivity contribution is -0.0498. The van der Waals surface area contributed by atoms with Crippen LogP contribution in [-0.2, 0) is 0 Å². The van der Waals surface area contributed by atoms with Crippen molar-refractivity contribution in [1.82, 2.24) is 4.90 Å². The molecule has 106 valence electrons. The van der Waals surface area contributed by atoms with Crippen LogP contribution in [0.25, 0.3) is 0 Å². The largest absolute Gasteiger partial charge is 0.435 e. The highest BCUT2D eigenvalue weighted by molar-refractivity contribution is 5.94. The molecule has 1 aromatic rings. The number of benzene rings is 1. The van der Waals surface area contributed by atoms with Gasteiger partial charge >= 0.3 is 6.61 Å². The standard InChI is InChI=1S/C13H18F2N2O2/c1-2-17(9-3-8-16)12(18)10-4-6-11(7-5-10)19-13(14)15/h4-7,13H,2-3,8-9,16H2,1H3. The molecular weight excluding hydrogens is 254 g/mol. The second kappa shape index (κ2) is 7.68. The van der Waals surface area contributed by atoms with Gasteiger partial charge in [0.15, 0.2) is 0 Å². The summed E-state index contributed by atoms with van der Waals surface area (Å²) in [4.78, 5) is 13.8. The van der Waals surface area contributed by atoms with Gasteiger partial charge in [0.2, 0.25) is 0 Å². The quantitative estimate of drug-likeness (QED) is 0.827. The minimum absolute atomic E-state index is 0.0385. The van der Waals surface area contributed by atoms with Crippen LogP contribution in [0.2, 0.25) is 0 Å². The van der Waals surface area contributed by atoms with E-state index in [1.165, 1.54) is 24.3 Å². The molecule has 0 unspecified atom stereocenters. The van der Waals surface area contributed by atoms with E-state index in [0.717, 1.165) is 6.42 Å². The topological polar surface area (TPSA) is 55.6 Å². The second-order valence-electron chi connectivity index (χ2n) is 3.93. The molecule has 1 aromatic carbocycles. The maximum atomic E-state index is 12.1. The average molecular weight is 272 g/mol. The fourth-order valence-electron chi connectivity index (χ4n) is 1.65. The van der Waals surface area contributed by atoms with Crippen molar-refractivity contribution < 1.29 is 18.3 Å². The number of carbonyl (C=O) groups is 1. The van der Waals surface area contributed by atoms with Crippen molar-refractivity contribution in [2.24, 2.45) is 5.73 Å². The molecule has 0 aliphatic rings. The monoisotopic (exact) mass is 272 g/mol. The third-order valence-corrected chi connectivity index (χ3v) is 2.63. The van der Waals surface area contributed by atoms with E-state index in [-0.39, 0.29) is 11.7 Å². The highest BCUT2D eigenvalue weighted by Gasteiger charge is 2.14. The van der Waals surface area contributed by atoms with Crippen LogP contribution in [0.1, 0.15) is 23.7 Å². The minimum Gasteiger partial charge on any atom is -0.435 e. The Morgan fingerprint density at radius 3 is 2.47 bits per heavy atom. The van der Waals surface area contributed by atoms with Crippen LogP contribution in [0.5, 0.6) is 5.75 Å². The van der Waals surface area contributed by atoms with Gasteiger partial charge in [-0.2, -0.15) is 8.78 Å². The summed E-state index contributed by atoms with van der Waals surface area (Å²) >= 11 is 0. The summed E-state index contributed by atoms with van der Waals surface area (Å²) in [7, 11) is 0. The van der Waals surface area contributed by atoms with E-state index in [1.807, 2.05) is 6.92 Å². The van der Waals surface area contributed by atoms with E-state index < -0.39 is 6.61 Å². The summed E-state index contributed by atoms with van der Waals surface area (Å²) in [5, 5.41) is 0. The molecule has 0 aromatic heterocycles. The zero-order chi connectivity index (χ0) is 14.3. The molecular formula is C13H18F2N2O2. The van der Waals surface area contributed by atoms with Gasteiger partial charge in [0.05, 0.1) is 0 Å². The Bertz CT molecular complexity index is 396. The highest BCUT2D eigenvalue weighted by Crippen LogP contribution is 2.16. The first kappa shape index (κ1) is 15.4. The van der Waals surface area contributed by atoms with Crippen LogP contribution in [0.15, 0.2) is 24.3 Å². The lowest BCUT2D eigenvalue weighted by Crippen LogP contribution is -2.32. The zero-order valence-corrected chi connectivity index (χ0v) is 10.8. The van der Waals surface area contributed by atoms with E-state index in [1.54, 1.807) is 4.90 Å². The molecule has 2 N–H and O–H groups in total. The molecule has 1 amide bonds. The Morgan fingerprint density at radius 2 is 2.00 bits per heavy atom. The number of halogens is 2. The molecule has 0 spiro atoms. The predicted molar refractivity (Wildman–Crippen MR) is 68.3 cm³/mol. The van der Waals surface area contributed by atoms with Crippen LogP contribution in [-0.4, -0.2) is 37.1 Å². The fourth-order valence-corrected chi connectivity index (χ4v) is 1.65. The summed E-state index contributed by atoms with van der Waals surface area (Å²) in [5.41, 5.74) is 5.86. The summed E-state index contributed by atoms with van der Waals surface area (Å²) in [6.45, 7) is 0.696. The van der Waals surface area contributed by atoms with Gasteiger partial charge in [0.25, 0.3) is 5.91 Å². The van der Waals surface area contributed by atoms with E-state index in [2.05, 4.69) is 4.74 Å². The van der Waals surface area contributed by atoms with Crippen LogP contribution in [0.4, 0.5) is 8.78 Å². The van der Waals surface area contributed by atoms with Crippen LogP contribution >= 0.6 is 0 Å². The van der Waals surface area contributed by atoms with Gasteiger partial charge in [-0.3, -0.25) is 4.79 Å². The van der Waals surface area contributed by atoms with Gasteiger partial charge in [-0.15, -0.1) is 0 Å². The zero-order valence-electron chi connectivity index (χ0n) is 10.8. The summed E-state index contributed by atoms with van der Waals surface area (Å²) in [6, 6.07) is 5.67. The van der Waals surface area contributed by atoms with Gasteiger partial charge in [0, 0.05) is 18.7 Å². The Hall–Kier alpha value is -1.69. The molecule has 0 fully saturated rings. The Kier molecular flexibility index (Phi) is 6.21. The predicted octanol–water partition coefficient (Wildman–Crippen LogP) is 2.10. The number of hydrogen-bond donors (Lipinski definition) is 1. The number of hydrogen-bond acceptors (Lipinski definition) is 3. The van der Waals surface area contributed by atoms with E-state index in [0.29, 0.717) is 25.2 Å². The highest BCUT2D eigenvalue weighted by atomic mass is 19.3. The number of nitrogens with zero attached hydrogens (tertiary/aromatic N) is 1. The SMILES string of the molecule is CCN(CCCN)C(=O)c1ccc(OC(F)F)cc1. The first-order valence-electron chi connectivity index (χ1n) is 6.12. The number of amides is 1. The van der Waals surface area contributed by atoms with Gasteiger partial charge in [-0.25, -0.2) is 0 Å². The average Bonchev–Trinajstić information content (AvgIpc) is 2.39. The van der Waals surface area contributed by atoms with Gasteiger partial charge < -0.3 is 15.4 Å². The van der Waals surface area contributed by atoms with Crippen LogP contribution in [0, 0.1) is 0 Å². The molecule has 0 saturated carbocycles. The van der Waals surface area contributed by atoms with E-state index >= 15 is 0 Å². The van der Waals surface area contributed by atoms with Crippen molar-refractivity contribution in [3.05, 3.63) is 29.8 Å². The lowest BCUT2D eigenvalue weighted by atomic mass is 10.2. The Balaban J connectivity index is 2.70. The van der Waals surface area contributed by atoms with Crippen LogP contribution in [0.3, 0.4) is 0 Å². The van der Waals surface area contributed by atoms with E-state index in [9.17, 15) is 13.6 Å². The summed E-state index contributed by atoms with van der Waals surface area (Å²) < 4.78 is 28.2. The van der Waals surface area contributed by atoms with Crippen molar-refractivity contribution in [2.75, 3.05) is 19.6 Å². The third-order valence-electron chi connectivity index (χ3n) is 2.63. The van der Waals surface area contributed by atoms with Gasteiger partial charge in [-0.1, -0.05) is 0 Å². The number of alkyl halides is 2. The second-order valence-corrected chi connectivity index (χ2v) is 3.93. The first-order valence-corrected chi connectivity index (χ1v) is 6.12. The first-order chi connectivity index (χ1) is 9.08. The summed E-state index contributed by atoms with van der Waals surface area (Å²) in [6.07, 6.45) is 0.728. The molecule has 1 rings (SSSR count). The molecule has 0 bridgehead atoms. The van der Waals surface area contributed by atoms with Crippen molar-refractivity contribution in [3.63, 3.8) is 0 Å². The lowest BCUT2D eigenvalue weighted by Gasteiger charge is -2.20. The number of nitrogens with two attached hydrogens (primary N) is 1. The van der Waals surface area contributed by atoms with Crippen molar-refractivity contribution in [3.8, 4) is 5.75 Å². The Labute approximate surface area is 111 Å². The maximum absolute atomic E-state index is 12.1. The van der Waals surface area contributed by atoms with E-state index in [4.69, 9.17) is 5.73 Å². The fraction of sp³-hybridized carbons (Fsp3) is 0.462. The summed E-state index contributed by atoms with van der Waals surface area (Å²) in [5.74, 6) is -0.101. The van der Waals surface area contributed by atoms with Gasteiger partial charge in [0.1, 0.15) is 5.75 Å².